The number of benzene rings is 2. The summed E-state index contributed by atoms with van der Waals surface area (Å²) >= 11 is 0. The number of ether oxygens (including phenoxy) is 1. The number of nitrogens with one attached hydrogen (secondary N) is 1. The van der Waals surface area contributed by atoms with Crippen LogP contribution < -0.4 is 10.1 Å². The molecule has 2 heterocycles. The van der Waals surface area contributed by atoms with E-state index < -0.39 is 5.82 Å². The van der Waals surface area contributed by atoms with Crippen molar-refractivity contribution in [2.45, 2.75) is 31.8 Å². The lowest BCUT2D eigenvalue weighted by atomic mass is 10.0. The van der Waals surface area contributed by atoms with E-state index >= 15 is 0 Å². The van der Waals surface area contributed by atoms with Gasteiger partial charge in [-0.2, -0.15) is 5.10 Å². The lowest BCUT2D eigenvalue weighted by molar-refractivity contribution is -0.133. The van der Waals surface area contributed by atoms with Crippen LogP contribution in [-0.2, 0) is 22.6 Å². The molecule has 4 rings (SSSR count). The maximum atomic E-state index is 13.7. The molecule has 8 heteroatoms. The van der Waals surface area contributed by atoms with E-state index in [2.05, 4.69) is 10.4 Å². The summed E-state index contributed by atoms with van der Waals surface area (Å²) in [5, 5.41) is 6.89. The topological polar surface area (TPSA) is 76.5 Å². The van der Waals surface area contributed by atoms with E-state index in [1.165, 1.54) is 16.9 Å². The fourth-order valence-corrected chi connectivity index (χ4v) is 4.02. The Kier molecular flexibility index (Phi) is 6.49. The number of carbonyl (C=O) groups is 2. The van der Waals surface area contributed by atoms with Crippen LogP contribution in [0.4, 0.5) is 10.1 Å². The van der Waals surface area contributed by atoms with Crippen molar-refractivity contribution >= 4 is 17.5 Å². The summed E-state index contributed by atoms with van der Waals surface area (Å²) in [4.78, 5) is 27.1. The molecule has 1 fully saturated rings. The number of rotatable bonds is 7. The van der Waals surface area contributed by atoms with E-state index in [9.17, 15) is 14.0 Å². The van der Waals surface area contributed by atoms with Crippen LogP contribution >= 0.6 is 0 Å². The van der Waals surface area contributed by atoms with E-state index in [4.69, 9.17) is 4.74 Å². The Bertz CT molecular complexity index is 1110. The lowest BCUT2D eigenvalue weighted by Gasteiger charge is -2.25. The zero-order valence-corrected chi connectivity index (χ0v) is 17.8. The summed E-state index contributed by atoms with van der Waals surface area (Å²) in [5.41, 5.74) is 1.84. The zero-order valence-electron chi connectivity index (χ0n) is 17.8. The summed E-state index contributed by atoms with van der Waals surface area (Å²) in [6.45, 7) is 0.762. The molecule has 2 amide bonds. The normalized spacial score (nSPS) is 15.6. The molecule has 7 nitrogen and oxygen atoms in total. The highest BCUT2D eigenvalue weighted by atomic mass is 19.1. The Morgan fingerprint density at radius 1 is 1.22 bits per heavy atom. The number of hydrogen-bond acceptors (Lipinski definition) is 4. The Hall–Kier alpha value is -3.68. The highest BCUT2D eigenvalue weighted by Crippen LogP contribution is 2.33. The van der Waals surface area contributed by atoms with Gasteiger partial charge in [-0.25, -0.2) is 4.39 Å². The number of carbonyl (C=O) groups excluding carboxylic acids is 2. The molecule has 0 aliphatic carbocycles. The summed E-state index contributed by atoms with van der Waals surface area (Å²) < 4.78 is 20.5. The van der Waals surface area contributed by atoms with Crippen LogP contribution in [0.2, 0.25) is 0 Å². The minimum Gasteiger partial charge on any atom is -0.497 e. The van der Waals surface area contributed by atoms with Crippen LogP contribution in [0.1, 0.15) is 30.0 Å². The first-order valence-corrected chi connectivity index (χ1v) is 10.5. The average Bonchev–Trinajstić information content (AvgIpc) is 3.45. The van der Waals surface area contributed by atoms with Crippen molar-refractivity contribution in [3.8, 4) is 5.75 Å². The lowest BCUT2D eigenvalue weighted by Crippen LogP contribution is -2.33. The number of methoxy groups -OCH3 is 1. The monoisotopic (exact) mass is 436 g/mol. The van der Waals surface area contributed by atoms with Gasteiger partial charge in [0.1, 0.15) is 18.1 Å². The molecule has 0 saturated carbocycles. The number of amides is 2. The minimum atomic E-state index is -0.417. The molecular formula is C24H25FN4O3. The van der Waals surface area contributed by atoms with Crippen molar-refractivity contribution in [1.29, 1.82) is 0 Å². The number of nitrogens with zero attached hydrogens (tertiary/aromatic N) is 3. The number of hydrogen-bond donors (Lipinski definition) is 1. The van der Waals surface area contributed by atoms with Crippen LogP contribution in [0.15, 0.2) is 60.9 Å². The molecule has 0 spiro atoms. The first kappa shape index (κ1) is 21.5. The smallest absolute Gasteiger partial charge is 0.244 e. The molecule has 1 saturated heterocycles. The fourth-order valence-electron chi connectivity index (χ4n) is 4.02. The maximum absolute atomic E-state index is 13.7. The van der Waals surface area contributed by atoms with E-state index in [-0.39, 0.29) is 30.8 Å². The van der Waals surface area contributed by atoms with Gasteiger partial charge in [-0.1, -0.05) is 30.3 Å². The second-order valence-corrected chi connectivity index (χ2v) is 7.76. The highest BCUT2D eigenvalue weighted by molar-refractivity contribution is 5.92. The standard InChI is InChI=1S/C24H25FN4O3/c1-32-20-8-4-7-18(12-20)22-10-5-11-29(22)24(31)16-28-15-19(14-26-28)27-23(30)13-17-6-2-3-9-21(17)25/h2-4,6-9,12,14-15,22H,5,10-11,13,16H2,1H3,(H,27,30)/t22-/m0/s1. The van der Waals surface area contributed by atoms with Gasteiger partial charge >= 0.3 is 0 Å². The van der Waals surface area contributed by atoms with Gasteiger partial charge < -0.3 is 15.0 Å². The van der Waals surface area contributed by atoms with E-state index in [0.717, 1.165) is 24.2 Å². The van der Waals surface area contributed by atoms with Gasteiger partial charge in [-0.05, 0) is 42.2 Å². The molecule has 166 valence electrons. The summed E-state index contributed by atoms with van der Waals surface area (Å²) in [5.74, 6) is -0.0361. The molecule has 1 aliphatic rings. The second-order valence-electron chi connectivity index (χ2n) is 7.76. The number of aromatic nitrogens is 2. The molecule has 3 aromatic rings. The van der Waals surface area contributed by atoms with Crippen LogP contribution in [0.25, 0.3) is 0 Å². The van der Waals surface area contributed by atoms with Crippen LogP contribution in [0.3, 0.4) is 0 Å². The number of likely N-dealkylation sites (tertiary alicyclic amines) is 1. The Morgan fingerprint density at radius 3 is 2.88 bits per heavy atom. The van der Waals surface area contributed by atoms with E-state index in [0.29, 0.717) is 17.8 Å². The molecule has 1 N–H and O–H groups in total. The third kappa shape index (κ3) is 4.96. The summed E-state index contributed by atoms with van der Waals surface area (Å²) in [7, 11) is 1.63. The van der Waals surface area contributed by atoms with Crippen molar-refractivity contribution in [2.75, 3.05) is 19.0 Å². The summed E-state index contributed by atoms with van der Waals surface area (Å²) in [6.07, 6.45) is 4.84. The van der Waals surface area contributed by atoms with Gasteiger partial charge in [-0.15, -0.1) is 0 Å². The summed E-state index contributed by atoms with van der Waals surface area (Å²) in [6, 6.07) is 14.0. The highest BCUT2D eigenvalue weighted by Gasteiger charge is 2.30. The van der Waals surface area contributed by atoms with Crippen molar-refractivity contribution < 1.29 is 18.7 Å². The quantitative estimate of drug-likeness (QED) is 0.614. The van der Waals surface area contributed by atoms with Crippen LogP contribution in [0, 0.1) is 5.82 Å². The van der Waals surface area contributed by atoms with Crippen LogP contribution in [-0.4, -0.2) is 40.1 Å². The van der Waals surface area contributed by atoms with Gasteiger partial charge in [0.2, 0.25) is 11.8 Å². The average molecular weight is 436 g/mol. The number of anilines is 1. The van der Waals surface area contributed by atoms with Crippen LogP contribution in [0.5, 0.6) is 5.75 Å². The predicted octanol–water partition coefficient (Wildman–Crippen LogP) is 3.58. The fraction of sp³-hybridized carbons (Fsp3) is 0.292. The Balaban J connectivity index is 1.37. The zero-order chi connectivity index (χ0) is 22.5. The second kappa shape index (κ2) is 9.64. The van der Waals surface area contributed by atoms with Gasteiger partial charge in [-0.3, -0.25) is 14.3 Å². The van der Waals surface area contributed by atoms with Crippen molar-refractivity contribution in [2.24, 2.45) is 0 Å². The molecule has 0 unspecified atom stereocenters. The predicted molar refractivity (Wildman–Crippen MR) is 118 cm³/mol. The van der Waals surface area contributed by atoms with Gasteiger partial charge in [0, 0.05) is 12.7 Å². The maximum Gasteiger partial charge on any atom is 0.244 e. The molecule has 32 heavy (non-hydrogen) atoms. The first-order valence-electron chi connectivity index (χ1n) is 10.5. The first-order chi connectivity index (χ1) is 15.5. The van der Waals surface area contributed by atoms with E-state index in [1.807, 2.05) is 29.2 Å². The Morgan fingerprint density at radius 2 is 2.06 bits per heavy atom. The SMILES string of the molecule is COc1cccc([C@@H]2CCCN2C(=O)Cn2cc(NC(=O)Cc3ccccc3F)cn2)c1. The van der Waals surface area contributed by atoms with Gasteiger partial charge in [0.25, 0.3) is 0 Å². The van der Waals surface area contributed by atoms with Crippen molar-refractivity contribution in [3.63, 3.8) is 0 Å². The third-order valence-corrected chi connectivity index (χ3v) is 5.57. The van der Waals surface area contributed by atoms with E-state index in [1.54, 1.807) is 31.5 Å². The van der Waals surface area contributed by atoms with Crippen molar-refractivity contribution in [3.05, 3.63) is 77.9 Å². The molecule has 1 atom stereocenters. The largest absolute Gasteiger partial charge is 0.497 e. The molecule has 2 aromatic carbocycles. The minimum absolute atomic E-state index is 0.00750. The van der Waals surface area contributed by atoms with Crippen molar-refractivity contribution in [1.82, 2.24) is 14.7 Å². The molecule has 1 aromatic heterocycles. The molecule has 0 radical (unpaired) electrons. The molecule has 0 bridgehead atoms. The van der Waals surface area contributed by atoms with Gasteiger partial charge in [0.05, 0.1) is 31.5 Å². The van der Waals surface area contributed by atoms with Gasteiger partial charge in [0.15, 0.2) is 0 Å². The molecular weight excluding hydrogens is 411 g/mol. The number of halogens is 1. The third-order valence-electron chi connectivity index (χ3n) is 5.57. The Labute approximate surface area is 185 Å². The molecule has 1 aliphatic heterocycles.